The van der Waals surface area contributed by atoms with Gasteiger partial charge in [-0.3, -0.25) is 4.68 Å². The van der Waals surface area contributed by atoms with Crippen molar-refractivity contribution in [1.82, 2.24) is 29.5 Å². The molecule has 4 rings (SSSR count). The van der Waals surface area contributed by atoms with E-state index in [0.29, 0.717) is 0 Å². The van der Waals surface area contributed by atoms with Crippen molar-refractivity contribution in [2.24, 2.45) is 0 Å². The second-order valence-electron chi connectivity index (χ2n) is 5.87. The van der Waals surface area contributed by atoms with Crippen LogP contribution in [-0.4, -0.2) is 29.5 Å². The molecule has 0 aromatic carbocycles. The number of rotatable bonds is 6. The van der Waals surface area contributed by atoms with Crippen molar-refractivity contribution < 1.29 is 0 Å². The van der Waals surface area contributed by atoms with E-state index in [4.69, 9.17) is 10.1 Å². The first-order chi connectivity index (χ1) is 12.3. The first kappa shape index (κ1) is 15.7. The van der Waals surface area contributed by atoms with E-state index in [0.717, 1.165) is 30.4 Å². The van der Waals surface area contributed by atoms with E-state index in [1.807, 2.05) is 39.8 Å². The van der Waals surface area contributed by atoms with Crippen LogP contribution in [0.15, 0.2) is 60.4 Å². The van der Waals surface area contributed by atoms with Gasteiger partial charge in [-0.05, 0) is 29.6 Å². The van der Waals surface area contributed by atoms with E-state index in [1.54, 1.807) is 23.7 Å². The van der Waals surface area contributed by atoms with Gasteiger partial charge in [0.15, 0.2) is 11.6 Å². The highest BCUT2D eigenvalue weighted by Gasteiger charge is 2.19. The van der Waals surface area contributed by atoms with Crippen LogP contribution in [0.4, 0.5) is 0 Å². The minimum atomic E-state index is 0.159. The van der Waals surface area contributed by atoms with Gasteiger partial charge in [-0.25, -0.2) is 9.97 Å². The SMILES string of the molecule is C[C@H](Cn1cccn1)c1nc(Cc2cccs2)nn1-c1ccccn1. The predicted octanol–water partition coefficient (Wildman–Crippen LogP) is 3.31. The molecule has 0 fully saturated rings. The third kappa shape index (κ3) is 3.51. The minimum absolute atomic E-state index is 0.159. The Morgan fingerprint density at radius 1 is 1.12 bits per heavy atom. The molecule has 0 aliphatic carbocycles. The van der Waals surface area contributed by atoms with Gasteiger partial charge in [0.25, 0.3) is 0 Å². The van der Waals surface area contributed by atoms with E-state index in [-0.39, 0.29) is 5.92 Å². The lowest BCUT2D eigenvalue weighted by Crippen LogP contribution is -2.13. The molecule has 0 spiro atoms. The van der Waals surface area contributed by atoms with Gasteiger partial charge >= 0.3 is 0 Å². The summed E-state index contributed by atoms with van der Waals surface area (Å²) in [6, 6.07) is 11.9. The molecule has 126 valence electrons. The van der Waals surface area contributed by atoms with Crippen LogP contribution in [0.3, 0.4) is 0 Å². The van der Waals surface area contributed by atoms with Crippen molar-refractivity contribution in [3.8, 4) is 5.82 Å². The number of nitrogens with zero attached hydrogens (tertiary/aromatic N) is 6. The standard InChI is InChI=1S/C18H18N6S/c1-14(13-23-10-5-9-20-23)18-21-16(12-15-6-4-11-25-15)22-24(18)17-7-2-3-8-19-17/h2-11,14H,12-13H2,1H3/t14-/m1/s1. The second-order valence-corrected chi connectivity index (χ2v) is 6.90. The third-order valence-electron chi connectivity index (χ3n) is 3.92. The fourth-order valence-electron chi connectivity index (χ4n) is 2.75. The zero-order valence-electron chi connectivity index (χ0n) is 13.9. The molecular weight excluding hydrogens is 332 g/mol. The molecule has 4 heterocycles. The average Bonchev–Trinajstić information content (AvgIpc) is 3.37. The summed E-state index contributed by atoms with van der Waals surface area (Å²) in [6.07, 6.45) is 6.26. The number of hydrogen-bond donors (Lipinski definition) is 0. The molecule has 25 heavy (non-hydrogen) atoms. The maximum atomic E-state index is 4.82. The Morgan fingerprint density at radius 3 is 2.80 bits per heavy atom. The summed E-state index contributed by atoms with van der Waals surface area (Å²) in [5.74, 6) is 2.66. The predicted molar refractivity (Wildman–Crippen MR) is 96.9 cm³/mol. The van der Waals surface area contributed by atoms with Crippen LogP contribution in [-0.2, 0) is 13.0 Å². The van der Waals surface area contributed by atoms with Crippen LogP contribution < -0.4 is 0 Å². The van der Waals surface area contributed by atoms with Crippen LogP contribution in [0.2, 0.25) is 0 Å². The van der Waals surface area contributed by atoms with Gasteiger partial charge in [-0.15, -0.1) is 16.4 Å². The summed E-state index contributed by atoms with van der Waals surface area (Å²) in [7, 11) is 0. The molecule has 4 aromatic heterocycles. The van der Waals surface area contributed by atoms with Gasteiger partial charge in [-0.2, -0.15) is 9.78 Å². The Labute approximate surface area is 149 Å². The van der Waals surface area contributed by atoms with Crippen LogP contribution in [0.25, 0.3) is 5.82 Å². The molecule has 4 aromatic rings. The van der Waals surface area contributed by atoms with E-state index >= 15 is 0 Å². The van der Waals surface area contributed by atoms with E-state index in [1.165, 1.54) is 4.88 Å². The topological polar surface area (TPSA) is 61.4 Å². The molecule has 0 aliphatic heterocycles. The molecule has 6 nitrogen and oxygen atoms in total. The molecule has 0 saturated heterocycles. The van der Waals surface area contributed by atoms with Gasteiger partial charge < -0.3 is 0 Å². The zero-order chi connectivity index (χ0) is 17.1. The lowest BCUT2D eigenvalue weighted by atomic mass is 10.1. The molecule has 7 heteroatoms. The zero-order valence-corrected chi connectivity index (χ0v) is 14.7. The monoisotopic (exact) mass is 350 g/mol. The molecular formula is C18H18N6S. The fraction of sp³-hybridized carbons (Fsp3) is 0.222. The number of hydrogen-bond acceptors (Lipinski definition) is 5. The summed E-state index contributed by atoms with van der Waals surface area (Å²) < 4.78 is 3.78. The van der Waals surface area contributed by atoms with Crippen LogP contribution >= 0.6 is 11.3 Å². The molecule has 0 bridgehead atoms. The summed E-state index contributed by atoms with van der Waals surface area (Å²) >= 11 is 1.72. The number of aromatic nitrogens is 6. The van der Waals surface area contributed by atoms with Crippen molar-refractivity contribution in [2.45, 2.75) is 25.8 Å². The first-order valence-corrected chi connectivity index (χ1v) is 9.04. The van der Waals surface area contributed by atoms with Gasteiger partial charge in [0, 0.05) is 35.8 Å². The highest BCUT2D eigenvalue weighted by molar-refractivity contribution is 7.09. The lowest BCUT2D eigenvalue weighted by molar-refractivity contribution is 0.514. The van der Waals surface area contributed by atoms with Gasteiger partial charge in [0.1, 0.15) is 5.82 Å². The summed E-state index contributed by atoms with van der Waals surface area (Å²) in [5.41, 5.74) is 0. The molecule has 0 radical (unpaired) electrons. The molecule has 0 amide bonds. The van der Waals surface area contributed by atoms with Crippen molar-refractivity contribution in [2.75, 3.05) is 0 Å². The van der Waals surface area contributed by atoms with Gasteiger partial charge in [0.05, 0.1) is 6.54 Å². The van der Waals surface area contributed by atoms with Crippen molar-refractivity contribution in [3.05, 3.63) is 76.9 Å². The number of pyridine rings is 1. The molecule has 1 atom stereocenters. The van der Waals surface area contributed by atoms with Crippen molar-refractivity contribution in [3.63, 3.8) is 0 Å². The van der Waals surface area contributed by atoms with Gasteiger partial charge in [0.2, 0.25) is 0 Å². The second kappa shape index (κ2) is 6.98. The van der Waals surface area contributed by atoms with Crippen LogP contribution in [0.1, 0.15) is 29.4 Å². The van der Waals surface area contributed by atoms with E-state index < -0.39 is 0 Å². The van der Waals surface area contributed by atoms with Crippen molar-refractivity contribution in [1.29, 1.82) is 0 Å². The Kier molecular flexibility index (Phi) is 4.39. The van der Waals surface area contributed by atoms with E-state index in [2.05, 4.69) is 34.5 Å². The Hall–Kier alpha value is -2.80. The maximum absolute atomic E-state index is 4.82. The largest absolute Gasteiger partial charge is 0.272 e. The quantitative estimate of drug-likeness (QED) is 0.535. The van der Waals surface area contributed by atoms with Crippen molar-refractivity contribution >= 4 is 11.3 Å². The molecule has 0 unspecified atom stereocenters. The Bertz CT molecular complexity index is 912. The Balaban J connectivity index is 1.68. The smallest absolute Gasteiger partial charge is 0.156 e. The van der Waals surface area contributed by atoms with E-state index in [9.17, 15) is 0 Å². The highest BCUT2D eigenvalue weighted by Crippen LogP contribution is 2.20. The molecule has 0 aliphatic rings. The fourth-order valence-corrected chi connectivity index (χ4v) is 3.45. The molecule has 0 N–H and O–H groups in total. The summed E-state index contributed by atoms with van der Waals surface area (Å²) in [5, 5.41) is 11.1. The van der Waals surface area contributed by atoms with Crippen LogP contribution in [0.5, 0.6) is 0 Å². The Morgan fingerprint density at radius 2 is 2.08 bits per heavy atom. The maximum Gasteiger partial charge on any atom is 0.156 e. The third-order valence-corrected chi connectivity index (χ3v) is 4.79. The molecule has 0 saturated carbocycles. The lowest BCUT2D eigenvalue weighted by Gasteiger charge is -2.12. The van der Waals surface area contributed by atoms with Crippen LogP contribution in [0, 0.1) is 0 Å². The van der Waals surface area contributed by atoms with Gasteiger partial charge in [-0.1, -0.05) is 19.1 Å². The normalized spacial score (nSPS) is 12.4. The first-order valence-electron chi connectivity index (χ1n) is 8.16. The summed E-state index contributed by atoms with van der Waals surface area (Å²) in [4.78, 5) is 10.5. The number of thiophene rings is 1. The average molecular weight is 350 g/mol. The summed E-state index contributed by atoms with van der Waals surface area (Å²) in [6.45, 7) is 2.89. The highest BCUT2D eigenvalue weighted by atomic mass is 32.1. The minimum Gasteiger partial charge on any atom is -0.272 e.